The van der Waals surface area contributed by atoms with Crippen molar-refractivity contribution < 1.29 is 19.1 Å². The summed E-state index contributed by atoms with van der Waals surface area (Å²) in [4.78, 5) is 27.5. The Kier molecular flexibility index (Phi) is 7.71. The summed E-state index contributed by atoms with van der Waals surface area (Å²) in [7, 11) is 0. The minimum atomic E-state index is -0.221. The van der Waals surface area contributed by atoms with E-state index in [1.54, 1.807) is 23.1 Å². The number of benzene rings is 2. The van der Waals surface area contributed by atoms with Crippen molar-refractivity contribution in [2.24, 2.45) is 5.92 Å². The number of ether oxygens (including phenoxy) is 2. The van der Waals surface area contributed by atoms with Crippen LogP contribution in [-0.2, 0) is 4.79 Å². The predicted molar refractivity (Wildman–Crippen MR) is 117 cm³/mol. The van der Waals surface area contributed by atoms with Crippen molar-refractivity contribution in [3.63, 3.8) is 0 Å². The van der Waals surface area contributed by atoms with Crippen molar-refractivity contribution in [2.45, 2.75) is 33.1 Å². The van der Waals surface area contributed by atoms with Gasteiger partial charge in [0, 0.05) is 24.3 Å². The molecule has 0 bridgehead atoms. The van der Waals surface area contributed by atoms with Crippen molar-refractivity contribution in [2.75, 3.05) is 31.6 Å². The summed E-state index contributed by atoms with van der Waals surface area (Å²) in [6, 6.07) is 14.7. The molecule has 0 spiro atoms. The third kappa shape index (κ3) is 5.53. The fraction of sp³-hybridized carbons (Fsp3) is 0.417. The molecule has 1 saturated heterocycles. The van der Waals surface area contributed by atoms with Crippen LogP contribution in [0.1, 0.15) is 43.5 Å². The smallest absolute Gasteiger partial charge is 0.254 e. The number of carbonyl (C=O) groups is 2. The van der Waals surface area contributed by atoms with Crippen molar-refractivity contribution in [1.82, 2.24) is 4.90 Å². The van der Waals surface area contributed by atoms with Gasteiger partial charge in [-0.15, -0.1) is 0 Å². The number of amides is 2. The zero-order valence-electron chi connectivity index (χ0n) is 17.7. The van der Waals surface area contributed by atoms with Gasteiger partial charge in [0.2, 0.25) is 5.91 Å². The maximum absolute atomic E-state index is 13.1. The fourth-order valence-corrected chi connectivity index (χ4v) is 3.56. The molecule has 1 unspecified atom stereocenters. The lowest BCUT2D eigenvalue weighted by Crippen LogP contribution is -2.43. The molecule has 2 aromatic rings. The van der Waals surface area contributed by atoms with E-state index >= 15 is 0 Å². The molecular formula is C24H30N2O4. The van der Waals surface area contributed by atoms with Gasteiger partial charge in [0.25, 0.3) is 5.91 Å². The minimum Gasteiger partial charge on any atom is -0.490 e. The van der Waals surface area contributed by atoms with Gasteiger partial charge in [0.15, 0.2) is 11.5 Å². The van der Waals surface area contributed by atoms with E-state index in [0.29, 0.717) is 43.4 Å². The Labute approximate surface area is 178 Å². The first-order chi connectivity index (χ1) is 14.6. The summed E-state index contributed by atoms with van der Waals surface area (Å²) in [5.74, 6) is 0.870. The summed E-state index contributed by atoms with van der Waals surface area (Å²) in [5, 5.41) is 2.95. The van der Waals surface area contributed by atoms with E-state index in [0.717, 1.165) is 24.9 Å². The van der Waals surface area contributed by atoms with Gasteiger partial charge in [-0.2, -0.15) is 0 Å². The van der Waals surface area contributed by atoms with Crippen LogP contribution in [0, 0.1) is 5.92 Å². The second kappa shape index (κ2) is 10.7. The Hall–Kier alpha value is -3.02. The molecule has 0 saturated carbocycles. The third-order valence-corrected chi connectivity index (χ3v) is 5.07. The quantitative estimate of drug-likeness (QED) is 0.702. The topological polar surface area (TPSA) is 67.9 Å². The van der Waals surface area contributed by atoms with E-state index in [9.17, 15) is 9.59 Å². The molecule has 1 aliphatic heterocycles. The maximum atomic E-state index is 13.1. The van der Waals surface area contributed by atoms with Crippen molar-refractivity contribution >= 4 is 17.5 Å². The van der Waals surface area contributed by atoms with Crippen LogP contribution in [0.2, 0.25) is 0 Å². The SMILES string of the molecule is CCCOc1ccc(C(=O)N2CCCC(C(=O)Nc3ccccc3)C2)cc1OCC. The molecule has 1 atom stereocenters. The Morgan fingerprint density at radius 2 is 1.87 bits per heavy atom. The predicted octanol–water partition coefficient (Wildman–Crippen LogP) is 4.37. The largest absolute Gasteiger partial charge is 0.490 e. The molecule has 6 heteroatoms. The summed E-state index contributed by atoms with van der Waals surface area (Å²) >= 11 is 0. The van der Waals surface area contributed by atoms with Crippen LogP contribution in [0.4, 0.5) is 5.69 Å². The number of carbonyl (C=O) groups excluding carboxylic acids is 2. The van der Waals surface area contributed by atoms with Crippen LogP contribution in [0.3, 0.4) is 0 Å². The first kappa shape index (κ1) is 21.7. The standard InChI is InChI=1S/C24H30N2O4/c1-3-15-30-21-13-12-18(16-22(21)29-4-2)24(28)26-14-8-9-19(17-26)23(27)25-20-10-6-5-7-11-20/h5-7,10-13,16,19H,3-4,8-9,14-15,17H2,1-2H3,(H,25,27). The van der Waals surface area contributed by atoms with Gasteiger partial charge in [0.05, 0.1) is 19.1 Å². The van der Waals surface area contributed by atoms with Gasteiger partial charge in [0.1, 0.15) is 0 Å². The number of anilines is 1. The highest BCUT2D eigenvalue weighted by atomic mass is 16.5. The second-order valence-corrected chi connectivity index (χ2v) is 7.39. The van der Waals surface area contributed by atoms with Crippen LogP contribution < -0.4 is 14.8 Å². The van der Waals surface area contributed by atoms with Crippen molar-refractivity contribution in [3.8, 4) is 11.5 Å². The normalized spacial score (nSPS) is 16.1. The first-order valence-corrected chi connectivity index (χ1v) is 10.7. The van der Waals surface area contributed by atoms with Gasteiger partial charge in [-0.05, 0) is 56.5 Å². The van der Waals surface area contributed by atoms with Gasteiger partial charge in [-0.1, -0.05) is 25.1 Å². The van der Waals surface area contributed by atoms with E-state index in [1.807, 2.05) is 44.2 Å². The lowest BCUT2D eigenvalue weighted by atomic mass is 9.96. The first-order valence-electron chi connectivity index (χ1n) is 10.7. The van der Waals surface area contributed by atoms with Crippen LogP contribution in [0.5, 0.6) is 11.5 Å². The summed E-state index contributed by atoms with van der Waals surface area (Å²) in [6.07, 6.45) is 2.47. The average molecular weight is 411 g/mol. The monoisotopic (exact) mass is 410 g/mol. The number of hydrogen-bond acceptors (Lipinski definition) is 4. The molecule has 0 aliphatic carbocycles. The zero-order valence-corrected chi connectivity index (χ0v) is 17.7. The molecule has 2 amide bonds. The van der Waals surface area contributed by atoms with E-state index in [-0.39, 0.29) is 17.7 Å². The maximum Gasteiger partial charge on any atom is 0.254 e. The molecule has 1 N–H and O–H groups in total. The summed E-state index contributed by atoms with van der Waals surface area (Å²) < 4.78 is 11.4. The highest BCUT2D eigenvalue weighted by Gasteiger charge is 2.29. The van der Waals surface area contributed by atoms with Crippen LogP contribution in [-0.4, -0.2) is 43.0 Å². The third-order valence-electron chi connectivity index (χ3n) is 5.07. The van der Waals surface area contributed by atoms with Crippen molar-refractivity contribution in [1.29, 1.82) is 0 Å². The Balaban J connectivity index is 1.68. The number of nitrogens with zero attached hydrogens (tertiary/aromatic N) is 1. The average Bonchev–Trinajstić information content (AvgIpc) is 2.78. The number of hydrogen-bond donors (Lipinski definition) is 1. The molecular weight excluding hydrogens is 380 g/mol. The fourth-order valence-electron chi connectivity index (χ4n) is 3.56. The Bertz CT molecular complexity index is 854. The van der Waals surface area contributed by atoms with Crippen LogP contribution >= 0.6 is 0 Å². The molecule has 6 nitrogen and oxygen atoms in total. The lowest BCUT2D eigenvalue weighted by Gasteiger charge is -2.32. The molecule has 3 rings (SSSR count). The highest BCUT2D eigenvalue weighted by Crippen LogP contribution is 2.30. The van der Waals surface area contributed by atoms with Gasteiger partial charge in [-0.25, -0.2) is 0 Å². The number of likely N-dealkylation sites (tertiary alicyclic amines) is 1. The van der Waals surface area contributed by atoms with Gasteiger partial charge in [-0.3, -0.25) is 9.59 Å². The molecule has 160 valence electrons. The molecule has 0 aromatic heterocycles. The second-order valence-electron chi connectivity index (χ2n) is 7.39. The zero-order chi connectivity index (χ0) is 21.3. The highest BCUT2D eigenvalue weighted by molar-refractivity contribution is 5.96. The number of nitrogens with one attached hydrogen (secondary N) is 1. The number of para-hydroxylation sites is 1. The molecule has 30 heavy (non-hydrogen) atoms. The van der Waals surface area contributed by atoms with E-state index in [2.05, 4.69) is 5.32 Å². The summed E-state index contributed by atoms with van der Waals surface area (Å²) in [6.45, 7) is 6.09. The Morgan fingerprint density at radius 1 is 1.07 bits per heavy atom. The van der Waals surface area contributed by atoms with E-state index < -0.39 is 0 Å². The van der Waals surface area contributed by atoms with Crippen LogP contribution in [0.15, 0.2) is 48.5 Å². The molecule has 1 heterocycles. The summed E-state index contributed by atoms with van der Waals surface area (Å²) in [5.41, 5.74) is 1.32. The number of piperidine rings is 1. The molecule has 2 aromatic carbocycles. The van der Waals surface area contributed by atoms with E-state index in [4.69, 9.17) is 9.47 Å². The number of rotatable bonds is 8. The van der Waals surface area contributed by atoms with Gasteiger partial charge >= 0.3 is 0 Å². The Morgan fingerprint density at radius 3 is 2.60 bits per heavy atom. The molecule has 1 aliphatic rings. The minimum absolute atomic E-state index is 0.0444. The van der Waals surface area contributed by atoms with Crippen LogP contribution in [0.25, 0.3) is 0 Å². The molecule has 1 fully saturated rings. The van der Waals surface area contributed by atoms with Crippen molar-refractivity contribution in [3.05, 3.63) is 54.1 Å². The van der Waals surface area contributed by atoms with Gasteiger partial charge < -0.3 is 19.7 Å². The lowest BCUT2D eigenvalue weighted by molar-refractivity contribution is -0.121. The molecule has 0 radical (unpaired) electrons. The van der Waals surface area contributed by atoms with E-state index in [1.165, 1.54) is 0 Å².